The number of aldehydes is 1. The van der Waals surface area contributed by atoms with Crippen molar-refractivity contribution in [1.29, 1.82) is 0 Å². The van der Waals surface area contributed by atoms with Crippen LogP contribution in [0, 0.1) is 5.92 Å². The smallest absolute Gasteiger partial charge is 0.145 e. The molecule has 0 aromatic rings. The summed E-state index contributed by atoms with van der Waals surface area (Å²) in [7, 11) is 0. The standard InChI is InChI=1S/C10H18O/c1-4-5-10(8-11)7-6-9(2)3/h7-9H,4-6H2,1-3H3/b10-7+. The van der Waals surface area contributed by atoms with E-state index >= 15 is 0 Å². The van der Waals surface area contributed by atoms with E-state index in [4.69, 9.17) is 0 Å². The molecule has 0 spiro atoms. The van der Waals surface area contributed by atoms with Crippen LogP contribution in [-0.2, 0) is 4.79 Å². The van der Waals surface area contributed by atoms with Gasteiger partial charge in [-0.3, -0.25) is 4.79 Å². The van der Waals surface area contributed by atoms with E-state index in [0.29, 0.717) is 5.92 Å². The number of hydrogen-bond acceptors (Lipinski definition) is 1. The van der Waals surface area contributed by atoms with Crippen LogP contribution in [0.4, 0.5) is 0 Å². The predicted molar refractivity (Wildman–Crippen MR) is 48.5 cm³/mol. The number of carbonyl (C=O) groups excluding carboxylic acids is 1. The second kappa shape index (κ2) is 6.14. The Balaban J connectivity index is 3.80. The quantitative estimate of drug-likeness (QED) is 0.439. The fraction of sp³-hybridized carbons (Fsp3) is 0.700. The van der Waals surface area contributed by atoms with Gasteiger partial charge in [0.2, 0.25) is 0 Å². The molecule has 0 heterocycles. The van der Waals surface area contributed by atoms with Crippen molar-refractivity contribution in [2.45, 2.75) is 40.0 Å². The molecule has 0 fully saturated rings. The summed E-state index contributed by atoms with van der Waals surface area (Å²) in [5.41, 5.74) is 0.959. The Kier molecular flexibility index (Phi) is 5.81. The predicted octanol–water partition coefficient (Wildman–Crippen LogP) is 2.96. The van der Waals surface area contributed by atoms with Crippen molar-refractivity contribution in [1.82, 2.24) is 0 Å². The van der Waals surface area contributed by atoms with Gasteiger partial charge in [-0.2, -0.15) is 0 Å². The molecule has 0 aromatic carbocycles. The summed E-state index contributed by atoms with van der Waals surface area (Å²) in [6.07, 6.45) is 6.04. The van der Waals surface area contributed by atoms with Gasteiger partial charge in [0.05, 0.1) is 0 Å². The maximum absolute atomic E-state index is 10.4. The lowest BCUT2D eigenvalue weighted by atomic mass is 10.1. The van der Waals surface area contributed by atoms with Gasteiger partial charge in [-0.05, 0) is 24.3 Å². The van der Waals surface area contributed by atoms with Gasteiger partial charge >= 0.3 is 0 Å². The maximum atomic E-state index is 10.4. The topological polar surface area (TPSA) is 17.1 Å². The van der Waals surface area contributed by atoms with E-state index in [1.165, 1.54) is 0 Å². The molecule has 0 atom stereocenters. The maximum Gasteiger partial charge on any atom is 0.145 e. The zero-order valence-electron chi connectivity index (χ0n) is 7.76. The molecule has 0 radical (unpaired) electrons. The summed E-state index contributed by atoms with van der Waals surface area (Å²) in [6.45, 7) is 6.41. The van der Waals surface area contributed by atoms with E-state index in [9.17, 15) is 4.79 Å². The summed E-state index contributed by atoms with van der Waals surface area (Å²) < 4.78 is 0. The highest BCUT2D eigenvalue weighted by Gasteiger charge is 1.94. The highest BCUT2D eigenvalue weighted by atomic mass is 16.1. The highest BCUT2D eigenvalue weighted by Crippen LogP contribution is 2.07. The van der Waals surface area contributed by atoms with Crippen molar-refractivity contribution in [3.8, 4) is 0 Å². The number of rotatable bonds is 5. The Labute approximate surface area is 69.5 Å². The van der Waals surface area contributed by atoms with Crippen LogP contribution >= 0.6 is 0 Å². The SMILES string of the molecule is CCC/C(C=O)=C\CC(C)C. The first-order valence-electron chi connectivity index (χ1n) is 4.34. The minimum absolute atomic E-state index is 0.654. The number of hydrogen-bond donors (Lipinski definition) is 0. The molecule has 0 unspecified atom stereocenters. The van der Waals surface area contributed by atoms with Crippen molar-refractivity contribution in [3.63, 3.8) is 0 Å². The first-order chi connectivity index (χ1) is 5.20. The van der Waals surface area contributed by atoms with Gasteiger partial charge < -0.3 is 0 Å². The van der Waals surface area contributed by atoms with Crippen molar-refractivity contribution in [2.24, 2.45) is 5.92 Å². The van der Waals surface area contributed by atoms with Crippen LogP contribution in [0.2, 0.25) is 0 Å². The molecule has 11 heavy (non-hydrogen) atoms. The molecule has 64 valence electrons. The zero-order valence-corrected chi connectivity index (χ0v) is 7.76. The molecule has 0 saturated carbocycles. The molecular weight excluding hydrogens is 136 g/mol. The van der Waals surface area contributed by atoms with Crippen molar-refractivity contribution in [2.75, 3.05) is 0 Å². The minimum atomic E-state index is 0.654. The van der Waals surface area contributed by atoms with Gasteiger partial charge in [0, 0.05) is 0 Å². The van der Waals surface area contributed by atoms with Crippen LogP contribution in [0.25, 0.3) is 0 Å². The minimum Gasteiger partial charge on any atom is -0.298 e. The van der Waals surface area contributed by atoms with E-state index in [-0.39, 0.29) is 0 Å². The van der Waals surface area contributed by atoms with Crippen molar-refractivity contribution in [3.05, 3.63) is 11.6 Å². The monoisotopic (exact) mass is 154 g/mol. The van der Waals surface area contributed by atoms with Crippen molar-refractivity contribution >= 4 is 6.29 Å². The van der Waals surface area contributed by atoms with Crippen LogP contribution in [0.1, 0.15) is 40.0 Å². The van der Waals surface area contributed by atoms with Gasteiger partial charge in [0.15, 0.2) is 0 Å². The molecular formula is C10H18O. The van der Waals surface area contributed by atoms with Crippen LogP contribution in [-0.4, -0.2) is 6.29 Å². The fourth-order valence-electron chi connectivity index (χ4n) is 0.885. The average molecular weight is 154 g/mol. The third-order valence-corrected chi connectivity index (χ3v) is 1.54. The first-order valence-corrected chi connectivity index (χ1v) is 4.34. The molecule has 0 rings (SSSR count). The Morgan fingerprint density at radius 1 is 1.45 bits per heavy atom. The van der Waals surface area contributed by atoms with Crippen molar-refractivity contribution < 1.29 is 4.79 Å². The van der Waals surface area contributed by atoms with Gasteiger partial charge in [0.1, 0.15) is 6.29 Å². The van der Waals surface area contributed by atoms with E-state index in [1.54, 1.807) is 0 Å². The van der Waals surface area contributed by atoms with Crippen LogP contribution in [0.3, 0.4) is 0 Å². The summed E-state index contributed by atoms with van der Waals surface area (Å²) in [6, 6.07) is 0. The van der Waals surface area contributed by atoms with Gasteiger partial charge in [-0.1, -0.05) is 33.3 Å². The number of carbonyl (C=O) groups is 1. The molecule has 0 aliphatic carbocycles. The summed E-state index contributed by atoms with van der Waals surface area (Å²) in [5, 5.41) is 0. The average Bonchev–Trinajstić information content (AvgIpc) is 1.97. The molecule has 0 saturated heterocycles. The van der Waals surface area contributed by atoms with Gasteiger partial charge in [-0.15, -0.1) is 0 Å². The van der Waals surface area contributed by atoms with E-state index in [1.807, 2.05) is 0 Å². The van der Waals surface area contributed by atoms with E-state index in [2.05, 4.69) is 26.8 Å². The fourth-order valence-corrected chi connectivity index (χ4v) is 0.885. The Bertz CT molecular complexity index is 134. The van der Waals surface area contributed by atoms with Crippen LogP contribution < -0.4 is 0 Å². The third kappa shape index (κ3) is 5.84. The summed E-state index contributed by atoms with van der Waals surface area (Å²) >= 11 is 0. The van der Waals surface area contributed by atoms with Crippen LogP contribution in [0.5, 0.6) is 0 Å². The van der Waals surface area contributed by atoms with Gasteiger partial charge in [-0.25, -0.2) is 0 Å². The van der Waals surface area contributed by atoms with E-state index < -0.39 is 0 Å². The normalized spacial score (nSPS) is 12.2. The second-order valence-corrected chi connectivity index (χ2v) is 3.28. The summed E-state index contributed by atoms with van der Waals surface area (Å²) in [4.78, 5) is 10.4. The molecule has 0 aliphatic heterocycles. The molecule has 0 aliphatic rings. The molecule has 1 heteroatoms. The Hall–Kier alpha value is -0.590. The molecule has 0 N–H and O–H groups in total. The lowest BCUT2D eigenvalue weighted by molar-refractivity contribution is -0.105. The van der Waals surface area contributed by atoms with E-state index in [0.717, 1.165) is 31.1 Å². The lowest BCUT2D eigenvalue weighted by Crippen LogP contribution is -1.88. The number of allylic oxidation sites excluding steroid dienone is 2. The first kappa shape index (κ1) is 10.4. The van der Waals surface area contributed by atoms with Gasteiger partial charge in [0.25, 0.3) is 0 Å². The summed E-state index contributed by atoms with van der Waals surface area (Å²) in [5.74, 6) is 0.654. The Morgan fingerprint density at radius 3 is 2.45 bits per heavy atom. The molecule has 0 aromatic heterocycles. The largest absolute Gasteiger partial charge is 0.298 e. The molecule has 0 amide bonds. The lowest BCUT2D eigenvalue weighted by Gasteiger charge is -1.99. The Morgan fingerprint density at radius 2 is 2.09 bits per heavy atom. The van der Waals surface area contributed by atoms with Crippen LogP contribution in [0.15, 0.2) is 11.6 Å². The molecule has 1 nitrogen and oxygen atoms in total. The molecule has 0 bridgehead atoms. The second-order valence-electron chi connectivity index (χ2n) is 3.28. The zero-order chi connectivity index (χ0) is 8.69. The third-order valence-electron chi connectivity index (χ3n) is 1.54. The highest BCUT2D eigenvalue weighted by molar-refractivity contribution is 5.72.